The summed E-state index contributed by atoms with van der Waals surface area (Å²) >= 11 is 0. The van der Waals surface area contributed by atoms with E-state index in [4.69, 9.17) is 14.2 Å². The van der Waals surface area contributed by atoms with E-state index in [2.05, 4.69) is 22.5 Å². The van der Waals surface area contributed by atoms with Crippen molar-refractivity contribution in [1.82, 2.24) is 15.6 Å². The number of hydrogen-bond donors (Lipinski definition) is 2. The third kappa shape index (κ3) is 9.21. The summed E-state index contributed by atoms with van der Waals surface area (Å²) in [5.74, 6) is -1.49. The largest absolute Gasteiger partial charge is 0.493 e. The predicted molar refractivity (Wildman–Crippen MR) is 112 cm³/mol. The number of carbonyl (C=O) groups excluding carboxylic acids is 3. The zero-order chi connectivity index (χ0) is 22.2. The highest BCUT2D eigenvalue weighted by Gasteiger charge is 2.21. The van der Waals surface area contributed by atoms with E-state index in [0.717, 1.165) is 25.7 Å². The molecule has 0 aromatic carbocycles. The van der Waals surface area contributed by atoms with Crippen LogP contribution in [0.5, 0.6) is 5.75 Å². The number of hydrogen-bond acceptors (Lipinski definition) is 7. The second-order valence-electron chi connectivity index (χ2n) is 6.57. The first-order chi connectivity index (χ1) is 14.5. The van der Waals surface area contributed by atoms with E-state index >= 15 is 0 Å². The minimum atomic E-state index is -0.627. The topological polar surface area (TPSA) is 116 Å². The van der Waals surface area contributed by atoms with Gasteiger partial charge in [-0.15, -0.1) is 0 Å². The van der Waals surface area contributed by atoms with Gasteiger partial charge in [0, 0.05) is 26.0 Å². The van der Waals surface area contributed by atoms with Crippen LogP contribution in [0.1, 0.15) is 66.8 Å². The molecule has 1 heterocycles. The van der Waals surface area contributed by atoms with Crippen molar-refractivity contribution in [2.24, 2.45) is 0 Å². The number of esters is 1. The Kier molecular flexibility index (Phi) is 12.8. The average Bonchev–Trinajstić information content (AvgIpc) is 2.76. The SMILES string of the molecule is CCCCOCCCNC(=O)c1ccnc(C(=O)NCC(=O)OCCCC)c1OC. The van der Waals surface area contributed by atoms with Gasteiger partial charge in [0.15, 0.2) is 11.4 Å². The molecule has 0 saturated heterocycles. The lowest BCUT2D eigenvalue weighted by Crippen LogP contribution is -2.32. The smallest absolute Gasteiger partial charge is 0.325 e. The molecule has 0 saturated carbocycles. The summed E-state index contributed by atoms with van der Waals surface area (Å²) in [7, 11) is 1.35. The Bertz CT molecular complexity index is 681. The van der Waals surface area contributed by atoms with E-state index in [0.29, 0.717) is 32.8 Å². The molecule has 2 amide bonds. The normalized spacial score (nSPS) is 10.4. The minimum Gasteiger partial charge on any atom is -0.493 e. The highest BCUT2D eigenvalue weighted by Crippen LogP contribution is 2.21. The van der Waals surface area contributed by atoms with Crippen LogP contribution in [0.3, 0.4) is 0 Å². The molecule has 0 aliphatic rings. The standard InChI is InChI=1S/C21H33N3O6/c1-4-6-12-29-13-8-10-23-20(26)16-9-11-22-18(19(16)28-3)21(27)24-15-17(25)30-14-7-5-2/h9,11H,4-8,10,12-15H2,1-3H3,(H,23,26)(H,24,27). The van der Waals surface area contributed by atoms with Crippen molar-refractivity contribution in [3.8, 4) is 5.75 Å². The van der Waals surface area contributed by atoms with Gasteiger partial charge in [-0.3, -0.25) is 14.4 Å². The molecule has 0 unspecified atom stereocenters. The first kappa shape index (κ1) is 25.4. The maximum atomic E-state index is 12.5. The summed E-state index contributed by atoms with van der Waals surface area (Å²) in [5.41, 5.74) is 0.115. The van der Waals surface area contributed by atoms with Gasteiger partial charge in [-0.1, -0.05) is 26.7 Å². The zero-order valence-electron chi connectivity index (χ0n) is 18.1. The molecule has 9 nitrogen and oxygen atoms in total. The quantitative estimate of drug-likeness (QED) is 0.328. The molecule has 0 radical (unpaired) electrons. The number of nitrogens with zero attached hydrogens (tertiary/aromatic N) is 1. The van der Waals surface area contributed by atoms with Crippen LogP contribution < -0.4 is 15.4 Å². The molecule has 0 fully saturated rings. The molecule has 0 atom stereocenters. The second kappa shape index (κ2) is 15.2. The van der Waals surface area contributed by atoms with Crippen molar-refractivity contribution in [2.45, 2.75) is 46.0 Å². The summed E-state index contributed by atoms with van der Waals surface area (Å²) in [6.07, 6.45) is 5.78. The first-order valence-corrected chi connectivity index (χ1v) is 10.4. The lowest BCUT2D eigenvalue weighted by atomic mass is 10.1. The summed E-state index contributed by atoms with van der Waals surface area (Å²) in [6, 6.07) is 1.47. The summed E-state index contributed by atoms with van der Waals surface area (Å²) in [5, 5.41) is 5.22. The van der Waals surface area contributed by atoms with E-state index in [1.807, 2.05) is 6.92 Å². The fourth-order valence-electron chi connectivity index (χ4n) is 2.43. The Morgan fingerprint density at radius 1 is 0.967 bits per heavy atom. The minimum absolute atomic E-state index is 0.0473. The maximum absolute atomic E-state index is 12.5. The molecule has 9 heteroatoms. The van der Waals surface area contributed by atoms with Crippen LogP contribution >= 0.6 is 0 Å². The number of rotatable bonds is 15. The molecule has 0 aliphatic carbocycles. The molecule has 30 heavy (non-hydrogen) atoms. The van der Waals surface area contributed by atoms with Gasteiger partial charge in [-0.25, -0.2) is 4.98 Å². The van der Waals surface area contributed by atoms with Crippen molar-refractivity contribution in [3.05, 3.63) is 23.5 Å². The van der Waals surface area contributed by atoms with Crippen LogP contribution in [0.25, 0.3) is 0 Å². The molecule has 0 aliphatic heterocycles. The Balaban J connectivity index is 2.60. The van der Waals surface area contributed by atoms with Crippen LogP contribution in [0, 0.1) is 0 Å². The number of ether oxygens (including phenoxy) is 3. The first-order valence-electron chi connectivity index (χ1n) is 10.4. The van der Waals surface area contributed by atoms with Gasteiger partial charge in [-0.05, 0) is 25.3 Å². The van der Waals surface area contributed by atoms with Crippen LogP contribution in [-0.4, -0.2) is 62.8 Å². The van der Waals surface area contributed by atoms with Crippen molar-refractivity contribution in [3.63, 3.8) is 0 Å². The van der Waals surface area contributed by atoms with Crippen LogP contribution in [0.15, 0.2) is 12.3 Å². The lowest BCUT2D eigenvalue weighted by Gasteiger charge is -2.13. The highest BCUT2D eigenvalue weighted by atomic mass is 16.5. The molecule has 1 rings (SSSR count). The van der Waals surface area contributed by atoms with Gasteiger partial charge in [0.05, 0.1) is 19.3 Å². The van der Waals surface area contributed by atoms with Crippen LogP contribution in [-0.2, 0) is 14.3 Å². The van der Waals surface area contributed by atoms with Crippen molar-refractivity contribution in [1.29, 1.82) is 0 Å². The number of unbranched alkanes of at least 4 members (excludes halogenated alkanes) is 2. The van der Waals surface area contributed by atoms with Crippen LogP contribution in [0.2, 0.25) is 0 Å². The monoisotopic (exact) mass is 423 g/mol. The van der Waals surface area contributed by atoms with E-state index in [1.165, 1.54) is 19.4 Å². The molecular formula is C21H33N3O6. The van der Waals surface area contributed by atoms with E-state index < -0.39 is 11.9 Å². The number of amides is 2. The molecule has 2 N–H and O–H groups in total. The van der Waals surface area contributed by atoms with Gasteiger partial charge in [-0.2, -0.15) is 0 Å². The number of nitrogens with one attached hydrogen (secondary N) is 2. The second-order valence-corrected chi connectivity index (χ2v) is 6.57. The summed E-state index contributed by atoms with van der Waals surface area (Å²) in [4.78, 5) is 40.5. The van der Waals surface area contributed by atoms with E-state index in [-0.39, 0.29) is 29.5 Å². The number of pyridine rings is 1. The van der Waals surface area contributed by atoms with Gasteiger partial charge in [0.25, 0.3) is 11.8 Å². The molecule has 168 valence electrons. The predicted octanol–water partition coefficient (Wildman–Crippen LogP) is 2.10. The fraction of sp³-hybridized carbons (Fsp3) is 0.619. The maximum Gasteiger partial charge on any atom is 0.325 e. The molecule has 0 bridgehead atoms. The molecule has 0 spiro atoms. The Morgan fingerprint density at radius 3 is 2.37 bits per heavy atom. The van der Waals surface area contributed by atoms with Crippen molar-refractivity contribution >= 4 is 17.8 Å². The Hall–Kier alpha value is -2.68. The number of carbonyl (C=O) groups is 3. The molecular weight excluding hydrogens is 390 g/mol. The highest BCUT2D eigenvalue weighted by molar-refractivity contribution is 6.03. The molecule has 1 aromatic rings. The van der Waals surface area contributed by atoms with Crippen molar-refractivity contribution in [2.75, 3.05) is 40.0 Å². The lowest BCUT2D eigenvalue weighted by molar-refractivity contribution is -0.142. The summed E-state index contributed by atoms with van der Waals surface area (Å²) < 4.78 is 15.7. The summed E-state index contributed by atoms with van der Waals surface area (Å²) in [6.45, 7) is 5.82. The van der Waals surface area contributed by atoms with E-state index in [9.17, 15) is 14.4 Å². The van der Waals surface area contributed by atoms with E-state index in [1.54, 1.807) is 0 Å². The average molecular weight is 424 g/mol. The van der Waals surface area contributed by atoms with Gasteiger partial charge >= 0.3 is 5.97 Å². The number of aromatic nitrogens is 1. The third-order valence-electron chi connectivity index (χ3n) is 4.12. The Morgan fingerprint density at radius 2 is 1.67 bits per heavy atom. The zero-order valence-corrected chi connectivity index (χ0v) is 18.1. The fourth-order valence-corrected chi connectivity index (χ4v) is 2.43. The van der Waals surface area contributed by atoms with Gasteiger partial charge in [0.2, 0.25) is 0 Å². The molecule has 1 aromatic heterocycles. The van der Waals surface area contributed by atoms with Gasteiger partial charge in [0.1, 0.15) is 6.54 Å². The van der Waals surface area contributed by atoms with Crippen molar-refractivity contribution < 1.29 is 28.6 Å². The van der Waals surface area contributed by atoms with Crippen LogP contribution in [0.4, 0.5) is 0 Å². The number of methoxy groups -OCH3 is 1. The third-order valence-corrected chi connectivity index (χ3v) is 4.12. The van der Waals surface area contributed by atoms with Gasteiger partial charge < -0.3 is 24.8 Å². The Labute approximate surface area is 177 Å².